The fourth-order valence-corrected chi connectivity index (χ4v) is 1.66. The third-order valence-electron chi connectivity index (χ3n) is 2.19. The molecule has 0 radical (unpaired) electrons. The van der Waals surface area contributed by atoms with E-state index in [0.29, 0.717) is 0 Å². The van der Waals surface area contributed by atoms with Crippen LogP contribution < -0.4 is 5.32 Å². The molecule has 0 spiro atoms. The Morgan fingerprint density at radius 2 is 2.16 bits per heavy atom. The van der Waals surface area contributed by atoms with Crippen molar-refractivity contribution >= 4 is 28.4 Å². The van der Waals surface area contributed by atoms with E-state index in [1.54, 1.807) is 12.4 Å². The number of phenolic OH excluding ortho intramolecular Hbond substituents is 1. The molecule has 7 heteroatoms. The van der Waals surface area contributed by atoms with Gasteiger partial charge in [-0.3, -0.25) is 10.1 Å². The van der Waals surface area contributed by atoms with Crippen molar-refractivity contribution in [3.63, 3.8) is 0 Å². The Labute approximate surface area is 114 Å². The van der Waals surface area contributed by atoms with Gasteiger partial charge in [0.05, 0.1) is 16.8 Å². The number of phenols is 1. The van der Waals surface area contributed by atoms with Crippen LogP contribution in [0.5, 0.6) is 5.75 Å². The fraction of sp³-hybridized carbons (Fsp3) is 0.167. The minimum absolute atomic E-state index is 0.0643. The molecule has 0 atom stereocenters. The Balaban J connectivity index is 3.38. The predicted molar refractivity (Wildman–Crippen MR) is 72.2 cm³/mol. The second-order valence-electron chi connectivity index (χ2n) is 3.41. The Bertz CT molecular complexity index is 626. The van der Waals surface area contributed by atoms with Crippen molar-refractivity contribution < 1.29 is 9.90 Å². The topological polar surface area (TPSA) is 109 Å². The number of carbonyl (C=O) groups excluding carboxylic acids is 1. The van der Waals surface area contributed by atoms with Gasteiger partial charge in [0, 0.05) is 6.07 Å². The van der Waals surface area contributed by atoms with Gasteiger partial charge in [0.1, 0.15) is 11.8 Å². The molecule has 0 aliphatic carbocycles. The Morgan fingerprint density at radius 3 is 2.63 bits per heavy atom. The maximum absolute atomic E-state index is 11.3. The number of nitriles is 2. The number of ketones is 1. The zero-order valence-electron chi connectivity index (χ0n) is 10.3. The van der Waals surface area contributed by atoms with E-state index >= 15 is 0 Å². The van der Waals surface area contributed by atoms with Crippen molar-refractivity contribution in [3.8, 4) is 18.0 Å². The van der Waals surface area contributed by atoms with Gasteiger partial charge < -0.3 is 5.11 Å². The number of nitrogens with zero attached hydrogens (tertiary/aromatic N) is 3. The molecule has 2 N–H and O–H groups in total. The first-order valence-corrected chi connectivity index (χ1v) is 6.31. The van der Waals surface area contributed by atoms with Gasteiger partial charge in [-0.15, -0.1) is 0 Å². The van der Waals surface area contributed by atoms with Gasteiger partial charge in [-0.2, -0.15) is 10.5 Å². The van der Waals surface area contributed by atoms with Crippen molar-refractivity contribution in [1.82, 2.24) is 5.32 Å². The molecule has 0 bridgehead atoms. The molecule has 6 nitrogen and oxygen atoms in total. The van der Waals surface area contributed by atoms with Crippen LogP contribution in [0, 0.1) is 22.8 Å². The number of hydrogen-bond acceptors (Lipinski definition) is 6. The van der Waals surface area contributed by atoms with Crippen LogP contribution in [0.25, 0.3) is 0 Å². The molecule has 1 rings (SSSR count). The maximum atomic E-state index is 11.3. The van der Waals surface area contributed by atoms with E-state index in [-0.39, 0.29) is 33.5 Å². The zero-order valence-corrected chi connectivity index (χ0v) is 11.1. The number of thioether (sulfide) groups is 1. The number of carbonyl (C=O) groups is 1. The van der Waals surface area contributed by atoms with Crippen LogP contribution in [-0.4, -0.2) is 22.3 Å². The summed E-state index contributed by atoms with van der Waals surface area (Å²) >= 11 is 1.18. The molecule has 0 unspecified atom stereocenters. The molecule has 19 heavy (non-hydrogen) atoms. The van der Waals surface area contributed by atoms with Gasteiger partial charge in [0.2, 0.25) is 0 Å². The van der Waals surface area contributed by atoms with Crippen LogP contribution in [0.1, 0.15) is 22.8 Å². The SMILES string of the molecule is CSC(=Nc1cc(O)c(C(C)=O)cc1C#N)NC#N. The van der Waals surface area contributed by atoms with Crippen LogP contribution >= 0.6 is 11.8 Å². The van der Waals surface area contributed by atoms with Crippen LogP contribution in [0.3, 0.4) is 0 Å². The highest BCUT2D eigenvalue weighted by Gasteiger charge is 2.12. The molecule has 0 aliphatic rings. The quantitative estimate of drug-likeness (QED) is 0.280. The molecular weight excluding hydrogens is 264 g/mol. The third kappa shape index (κ3) is 3.47. The second-order valence-corrected chi connectivity index (χ2v) is 4.21. The van der Waals surface area contributed by atoms with E-state index in [1.807, 2.05) is 6.07 Å². The van der Waals surface area contributed by atoms with Gasteiger partial charge in [0.15, 0.2) is 17.1 Å². The fourth-order valence-electron chi connectivity index (χ4n) is 1.32. The summed E-state index contributed by atoms with van der Waals surface area (Å²) in [7, 11) is 0. The summed E-state index contributed by atoms with van der Waals surface area (Å²) in [5.74, 6) is -0.590. The van der Waals surface area contributed by atoms with Crippen molar-refractivity contribution in [3.05, 3.63) is 23.3 Å². The normalized spacial score (nSPS) is 10.4. The van der Waals surface area contributed by atoms with Crippen LogP contribution in [-0.2, 0) is 0 Å². The molecular formula is C12H10N4O2S. The lowest BCUT2D eigenvalue weighted by molar-refractivity contribution is 0.101. The van der Waals surface area contributed by atoms with E-state index in [4.69, 9.17) is 10.5 Å². The molecule has 1 aromatic carbocycles. The van der Waals surface area contributed by atoms with Crippen LogP contribution in [0.2, 0.25) is 0 Å². The number of benzene rings is 1. The molecule has 0 fully saturated rings. The number of aromatic hydroxyl groups is 1. The molecule has 0 heterocycles. The van der Waals surface area contributed by atoms with Crippen molar-refractivity contribution in [2.45, 2.75) is 6.92 Å². The molecule has 0 saturated carbocycles. The van der Waals surface area contributed by atoms with Crippen molar-refractivity contribution in [1.29, 1.82) is 10.5 Å². The minimum Gasteiger partial charge on any atom is -0.507 e. The predicted octanol–water partition coefficient (Wildman–Crippen LogP) is 1.89. The highest BCUT2D eigenvalue weighted by atomic mass is 32.2. The Kier molecular flexibility index (Phi) is 4.92. The lowest BCUT2D eigenvalue weighted by Crippen LogP contribution is -2.12. The van der Waals surface area contributed by atoms with Gasteiger partial charge >= 0.3 is 0 Å². The van der Waals surface area contributed by atoms with E-state index in [9.17, 15) is 9.90 Å². The Hall–Kier alpha value is -2.51. The number of Topliss-reactive ketones (excluding diaryl/α,β-unsaturated/α-hetero) is 1. The van der Waals surface area contributed by atoms with Gasteiger partial charge in [-0.1, -0.05) is 11.8 Å². The van der Waals surface area contributed by atoms with Crippen LogP contribution in [0.15, 0.2) is 17.1 Å². The lowest BCUT2D eigenvalue weighted by atomic mass is 10.1. The monoisotopic (exact) mass is 274 g/mol. The summed E-state index contributed by atoms with van der Waals surface area (Å²) in [6.45, 7) is 1.30. The summed E-state index contributed by atoms with van der Waals surface area (Å²) in [6, 6.07) is 4.40. The smallest absolute Gasteiger partial charge is 0.183 e. The molecule has 1 aromatic rings. The van der Waals surface area contributed by atoms with E-state index < -0.39 is 0 Å². The summed E-state index contributed by atoms with van der Waals surface area (Å²) < 4.78 is 0. The third-order valence-corrected chi connectivity index (χ3v) is 2.77. The zero-order chi connectivity index (χ0) is 14.4. The Morgan fingerprint density at radius 1 is 1.47 bits per heavy atom. The molecule has 96 valence electrons. The average Bonchev–Trinajstić information content (AvgIpc) is 2.38. The highest BCUT2D eigenvalue weighted by molar-refractivity contribution is 8.13. The van der Waals surface area contributed by atoms with Gasteiger partial charge in [-0.25, -0.2) is 4.99 Å². The number of hydrogen-bond donors (Lipinski definition) is 2. The standard InChI is InChI=1S/C12H10N4O2S/c1-7(17)9-3-8(5-13)10(4-11(9)18)16-12(19-2)15-6-14/h3-4,18H,1-2H3,(H,15,16). The first kappa shape index (κ1) is 14.6. The summed E-state index contributed by atoms with van der Waals surface area (Å²) in [5, 5.41) is 29.9. The maximum Gasteiger partial charge on any atom is 0.183 e. The largest absolute Gasteiger partial charge is 0.507 e. The number of rotatable bonds is 2. The van der Waals surface area contributed by atoms with Crippen molar-refractivity contribution in [2.24, 2.45) is 4.99 Å². The lowest BCUT2D eigenvalue weighted by Gasteiger charge is -2.05. The number of aliphatic imine (C=N–C) groups is 1. The number of amidine groups is 1. The molecule has 0 aromatic heterocycles. The molecule has 0 amide bonds. The van der Waals surface area contributed by atoms with Gasteiger partial charge in [-0.05, 0) is 19.2 Å². The second kappa shape index (κ2) is 6.43. The average molecular weight is 274 g/mol. The van der Waals surface area contributed by atoms with Crippen LogP contribution in [0.4, 0.5) is 5.69 Å². The first-order chi connectivity index (χ1) is 9.03. The highest BCUT2D eigenvalue weighted by Crippen LogP contribution is 2.29. The first-order valence-electron chi connectivity index (χ1n) is 5.09. The summed E-state index contributed by atoms with van der Waals surface area (Å²) in [4.78, 5) is 15.3. The van der Waals surface area contributed by atoms with E-state index in [1.165, 1.54) is 30.8 Å². The van der Waals surface area contributed by atoms with Crippen molar-refractivity contribution in [2.75, 3.05) is 6.26 Å². The van der Waals surface area contributed by atoms with E-state index in [0.717, 1.165) is 0 Å². The minimum atomic E-state index is -0.343. The number of nitrogens with one attached hydrogen (secondary N) is 1. The summed E-state index contributed by atoms with van der Waals surface area (Å²) in [5.41, 5.74) is 0.404. The molecule has 0 saturated heterocycles. The van der Waals surface area contributed by atoms with E-state index in [2.05, 4.69) is 10.3 Å². The summed E-state index contributed by atoms with van der Waals surface area (Å²) in [6.07, 6.45) is 3.43. The van der Waals surface area contributed by atoms with Gasteiger partial charge in [0.25, 0.3) is 0 Å². The molecule has 0 aliphatic heterocycles.